The number of hydrogen-bond donors (Lipinski definition) is 1. The number of carbonyl (C=O) groups is 1. The van der Waals surface area contributed by atoms with Crippen molar-refractivity contribution < 1.29 is 14.3 Å². The van der Waals surface area contributed by atoms with Crippen molar-refractivity contribution in [1.82, 2.24) is 5.32 Å². The fraction of sp³-hybridized carbons (Fsp3) is 0.350. The van der Waals surface area contributed by atoms with Gasteiger partial charge in [0.1, 0.15) is 11.5 Å². The van der Waals surface area contributed by atoms with Crippen LogP contribution >= 0.6 is 0 Å². The number of para-hydroxylation sites is 1. The predicted molar refractivity (Wildman–Crippen MR) is 95.5 cm³/mol. The van der Waals surface area contributed by atoms with E-state index in [-0.39, 0.29) is 5.91 Å². The first-order chi connectivity index (χ1) is 11.8. The monoisotopic (exact) mass is 327 g/mol. The van der Waals surface area contributed by atoms with Gasteiger partial charge in [0.05, 0.1) is 13.7 Å². The van der Waals surface area contributed by atoms with E-state index in [1.807, 2.05) is 42.5 Å². The fourth-order valence-electron chi connectivity index (χ4n) is 2.34. The van der Waals surface area contributed by atoms with Gasteiger partial charge < -0.3 is 14.8 Å². The Hall–Kier alpha value is -2.49. The summed E-state index contributed by atoms with van der Waals surface area (Å²) in [6.45, 7) is 1.26. The lowest BCUT2D eigenvalue weighted by atomic mass is 10.1. The van der Waals surface area contributed by atoms with Crippen LogP contribution in [-0.4, -0.2) is 26.2 Å². The zero-order valence-corrected chi connectivity index (χ0v) is 14.2. The van der Waals surface area contributed by atoms with Crippen LogP contribution in [0.4, 0.5) is 0 Å². The predicted octanol–water partition coefficient (Wildman–Crippen LogP) is 3.60. The molecule has 4 nitrogen and oxygen atoms in total. The molecule has 1 N–H and O–H groups in total. The van der Waals surface area contributed by atoms with Crippen molar-refractivity contribution in [2.45, 2.75) is 25.7 Å². The number of ether oxygens (including phenoxy) is 2. The molecule has 2 rings (SSSR count). The molecule has 0 aromatic heterocycles. The van der Waals surface area contributed by atoms with Gasteiger partial charge in [-0.2, -0.15) is 0 Å². The third kappa shape index (κ3) is 6.73. The number of rotatable bonds is 10. The van der Waals surface area contributed by atoms with Crippen molar-refractivity contribution in [2.24, 2.45) is 0 Å². The van der Waals surface area contributed by atoms with Crippen LogP contribution in [0, 0.1) is 0 Å². The van der Waals surface area contributed by atoms with Gasteiger partial charge in [-0.15, -0.1) is 0 Å². The van der Waals surface area contributed by atoms with Crippen LogP contribution < -0.4 is 14.8 Å². The van der Waals surface area contributed by atoms with Crippen molar-refractivity contribution in [3.8, 4) is 11.5 Å². The molecule has 0 radical (unpaired) electrons. The van der Waals surface area contributed by atoms with Gasteiger partial charge in [0.2, 0.25) is 5.91 Å². The molecule has 0 spiro atoms. The summed E-state index contributed by atoms with van der Waals surface area (Å²) < 4.78 is 10.7. The normalized spacial score (nSPS) is 10.2. The lowest BCUT2D eigenvalue weighted by Crippen LogP contribution is -2.24. The Bertz CT molecular complexity index is 596. The van der Waals surface area contributed by atoms with Gasteiger partial charge in [0, 0.05) is 13.0 Å². The highest BCUT2D eigenvalue weighted by Crippen LogP contribution is 2.12. The lowest BCUT2D eigenvalue weighted by molar-refractivity contribution is -0.121. The summed E-state index contributed by atoms with van der Waals surface area (Å²) in [7, 11) is 1.66. The zero-order chi connectivity index (χ0) is 17.0. The van der Waals surface area contributed by atoms with E-state index < -0.39 is 0 Å². The van der Waals surface area contributed by atoms with E-state index in [1.165, 1.54) is 5.56 Å². The average molecular weight is 327 g/mol. The first-order valence-corrected chi connectivity index (χ1v) is 8.35. The fourth-order valence-corrected chi connectivity index (χ4v) is 2.34. The summed E-state index contributed by atoms with van der Waals surface area (Å²) in [4.78, 5) is 11.8. The number of amides is 1. The molecule has 2 aromatic carbocycles. The summed E-state index contributed by atoms with van der Waals surface area (Å²) in [6.07, 6.45) is 3.09. The van der Waals surface area contributed by atoms with Gasteiger partial charge in [-0.1, -0.05) is 30.3 Å². The number of nitrogens with one attached hydrogen (secondary N) is 1. The molecule has 0 fully saturated rings. The third-order valence-electron chi connectivity index (χ3n) is 3.68. The van der Waals surface area contributed by atoms with Gasteiger partial charge in [0.15, 0.2) is 0 Å². The molecule has 4 heteroatoms. The van der Waals surface area contributed by atoms with Gasteiger partial charge in [0.25, 0.3) is 0 Å². The second kappa shape index (κ2) is 10.3. The summed E-state index contributed by atoms with van der Waals surface area (Å²) in [5, 5.41) is 2.95. The maximum absolute atomic E-state index is 11.8. The first-order valence-electron chi connectivity index (χ1n) is 8.35. The van der Waals surface area contributed by atoms with Gasteiger partial charge in [-0.05, 0) is 49.1 Å². The molecule has 2 aromatic rings. The Morgan fingerprint density at radius 3 is 2.42 bits per heavy atom. The highest BCUT2D eigenvalue weighted by molar-refractivity contribution is 5.75. The molecule has 0 heterocycles. The third-order valence-corrected chi connectivity index (χ3v) is 3.68. The van der Waals surface area contributed by atoms with Crippen LogP contribution in [0.2, 0.25) is 0 Å². The Labute approximate surface area is 143 Å². The number of carbonyl (C=O) groups excluding carboxylic acids is 1. The summed E-state index contributed by atoms with van der Waals surface area (Å²) in [5.74, 6) is 1.79. The molecule has 128 valence electrons. The molecule has 0 unspecified atom stereocenters. The molecule has 0 saturated heterocycles. The summed E-state index contributed by atoms with van der Waals surface area (Å²) in [6, 6.07) is 17.7. The van der Waals surface area contributed by atoms with E-state index in [1.54, 1.807) is 7.11 Å². The van der Waals surface area contributed by atoms with Crippen LogP contribution in [-0.2, 0) is 11.2 Å². The number of benzene rings is 2. The Morgan fingerprint density at radius 1 is 0.958 bits per heavy atom. The van der Waals surface area contributed by atoms with Crippen LogP contribution in [0.1, 0.15) is 24.8 Å². The van der Waals surface area contributed by atoms with Crippen molar-refractivity contribution in [3.63, 3.8) is 0 Å². The molecular weight excluding hydrogens is 302 g/mol. The molecule has 0 aliphatic heterocycles. The van der Waals surface area contributed by atoms with Gasteiger partial charge >= 0.3 is 0 Å². The second-order valence-corrected chi connectivity index (χ2v) is 5.57. The average Bonchev–Trinajstić information content (AvgIpc) is 2.64. The summed E-state index contributed by atoms with van der Waals surface area (Å²) in [5.41, 5.74) is 1.25. The second-order valence-electron chi connectivity index (χ2n) is 5.57. The Kier molecular flexibility index (Phi) is 7.68. The molecule has 1 amide bonds. The molecule has 24 heavy (non-hydrogen) atoms. The van der Waals surface area contributed by atoms with E-state index in [2.05, 4.69) is 17.4 Å². The smallest absolute Gasteiger partial charge is 0.220 e. The van der Waals surface area contributed by atoms with Crippen molar-refractivity contribution in [1.29, 1.82) is 0 Å². The standard InChI is InChI=1S/C20H25NO3/c1-23-18-13-11-17(12-14-18)7-5-15-21-20(22)10-6-16-24-19-8-3-2-4-9-19/h2-4,8-9,11-14H,5-7,10,15-16H2,1H3,(H,21,22). The minimum absolute atomic E-state index is 0.0846. The molecule has 0 atom stereocenters. The maximum Gasteiger partial charge on any atom is 0.220 e. The highest BCUT2D eigenvalue weighted by Gasteiger charge is 2.01. The van der Waals surface area contributed by atoms with Crippen LogP contribution in [0.5, 0.6) is 11.5 Å². The van der Waals surface area contributed by atoms with E-state index >= 15 is 0 Å². The number of aryl methyl sites for hydroxylation is 1. The van der Waals surface area contributed by atoms with E-state index in [4.69, 9.17) is 9.47 Å². The van der Waals surface area contributed by atoms with Crippen LogP contribution in [0.25, 0.3) is 0 Å². The maximum atomic E-state index is 11.8. The Morgan fingerprint density at radius 2 is 1.71 bits per heavy atom. The summed E-state index contributed by atoms with van der Waals surface area (Å²) >= 11 is 0. The highest BCUT2D eigenvalue weighted by atomic mass is 16.5. The number of methoxy groups -OCH3 is 1. The SMILES string of the molecule is COc1ccc(CCCNC(=O)CCCOc2ccccc2)cc1. The Balaban J connectivity index is 1.51. The van der Waals surface area contributed by atoms with Crippen LogP contribution in [0.3, 0.4) is 0 Å². The molecule has 0 aliphatic rings. The molecular formula is C20H25NO3. The molecule has 0 aliphatic carbocycles. The van der Waals surface area contributed by atoms with Crippen molar-refractivity contribution in [3.05, 3.63) is 60.2 Å². The minimum atomic E-state index is 0.0846. The topological polar surface area (TPSA) is 47.6 Å². The molecule has 0 bridgehead atoms. The van der Waals surface area contributed by atoms with E-state index in [0.717, 1.165) is 30.8 Å². The largest absolute Gasteiger partial charge is 0.497 e. The lowest BCUT2D eigenvalue weighted by Gasteiger charge is -2.07. The zero-order valence-electron chi connectivity index (χ0n) is 14.2. The van der Waals surface area contributed by atoms with E-state index in [9.17, 15) is 4.79 Å². The van der Waals surface area contributed by atoms with Crippen molar-refractivity contribution >= 4 is 5.91 Å². The van der Waals surface area contributed by atoms with Crippen molar-refractivity contribution in [2.75, 3.05) is 20.3 Å². The van der Waals surface area contributed by atoms with E-state index in [0.29, 0.717) is 19.6 Å². The number of hydrogen-bond acceptors (Lipinski definition) is 3. The quantitative estimate of drug-likeness (QED) is 0.678. The first kappa shape index (κ1) is 17.9. The van der Waals surface area contributed by atoms with Crippen LogP contribution in [0.15, 0.2) is 54.6 Å². The van der Waals surface area contributed by atoms with Gasteiger partial charge in [-0.25, -0.2) is 0 Å². The van der Waals surface area contributed by atoms with Gasteiger partial charge in [-0.3, -0.25) is 4.79 Å². The molecule has 0 saturated carbocycles. The minimum Gasteiger partial charge on any atom is -0.497 e.